The molecule has 0 saturated carbocycles. The predicted molar refractivity (Wildman–Crippen MR) is 110 cm³/mol. The lowest BCUT2D eigenvalue weighted by molar-refractivity contribution is 0.0971. The zero-order valence-corrected chi connectivity index (χ0v) is 16.8. The number of guanidine groups is 1. The van der Waals surface area contributed by atoms with E-state index in [4.69, 9.17) is 34.2 Å². The Labute approximate surface area is 170 Å². The highest BCUT2D eigenvalue weighted by Crippen LogP contribution is 2.17. The summed E-state index contributed by atoms with van der Waals surface area (Å²) in [5.74, 6) is -0.983. The maximum atomic E-state index is 12.0. The average Bonchev–Trinajstić information content (AvgIpc) is 2.53. The second kappa shape index (κ2) is 14.6. The average molecular weight is 430 g/mol. The van der Waals surface area contributed by atoms with Crippen LogP contribution in [-0.2, 0) is 0 Å². The molecule has 0 atom stereocenters. The lowest BCUT2D eigenvalue weighted by Gasteiger charge is -2.10. The van der Waals surface area contributed by atoms with Gasteiger partial charge in [-0.1, -0.05) is 37.3 Å². The number of unbranched alkanes of at least 4 members (excludes halogenated alkanes) is 5. The number of rotatable bonds is 9. The van der Waals surface area contributed by atoms with Crippen LogP contribution in [0.5, 0.6) is 0 Å². The van der Waals surface area contributed by atoms with Gasteiger partial charge >= 0.3 is 0 Å². The van der Waals surface area contributed by atoms with Crippen LogP contribution in [0.25, 0.3) is 0 Å². The third kappa shape index (κ3) is 9.81. The number of carbonyl (C=O) groups is 1. The van der Waals surface area contributed by atoms with Crippen molar-refractivity contribution in [3.63, 3.8) is 0 Å². The lowest BCUT2D eigenvalue weighted by atomic mass is 10.1. The third-order valence-electron chi connectivity index (χ3n) is 3.29. The molecule has 12 heteroatoms. The van der Waals surface area contributed by atoms with Crippen LogP contribution < -0.4 is 27.8 Å². The van der Waals surface area contributed by atoms with Crippen molar-refractivity contribution in [3.05, 3.63) is 10.8 Å². The monoisotopic (exact) mass is 428 g/mol. The van der Waals surface area contributed by atoms with E-state index >= 15 is 0 Å². The smallest absolute Gasteiger partial charge is 0.280 e. The minimum Gasteiger partial charge on any atom is -0.382 e. The molecule has 0 saturated heterocycles. The number of nitrogen functional groups attached to an aromatic ring is 2. The van der Waals surface area contributed by atoms with Crippen LogP contribution in [-0.4, -0.2) is 34.9 Å². The first-order chi connectivity index (χ1) is 11.5. The maximum absolute atomic E-state index is 12.0. The molecule has 1 rings (SSSR count). The largest absolute Gasteiger partial charge is 0.382 e. The molecule has 0 bridgehead atoms. The molecule has 1 aromatic rings. The Morgan fingerprint density at radius 3 is 2.19 bits per heavy atom. The second-order valence-electron chi connectivity index (χ2n) is 5.30. The fourth-order valence-electron chi connectivity index (χ4n) is 2.02. The van der Waals surface area contributed by atoms with Crippen molar-refractivity contribution in [1.29, 1.82) is 5.41 Å². The SMILES string of the molecule is Cl.Cl.N=C(NCCCCCCCCN)NC(=O)c1nc(Cl)c(N)nc1N. The van der Waals surface area contributed by atoms with E-state index < -0.39 is 5.91 Å². The Bertz CT molecular complexity index is 573. The Kier molecular flexibility index (Phi) is 15.0. The summed E-state index contributed by atoms with van der Waals surface area (Å²) in [6, 6.07) is 0. The quantitative estimate of drug-likeness (QED) is 0.197. The number of nitrogens with one attached hydrogen (secondary N) is 3. The van der Waals surface area contributed by atoms with Gasteiger partial charge in [0, 0.05) is 6.54 Å². The molecular weight excluding hydrogens is 403 g/mol. The molecule has 0 aliphatic rings. The highest BCUT2D eigenvalue weighted by atomic mass is 35.5. The zero-order valence-electron chi connectivity index (χ0n) is 14.4. The minimum absolute atomic E-state index is 0. The molecular formula is C14H27Cl3N8O. The molecule has 0 spiro atoms. The topological polar surface area (TPSA) is 169 Å². The first-order valence-corrected chi connectivity index (χ1v) is 8.25. The molecule has 9 nitrogen and oxygen atoms in total. The van der Waals surface area contributed by atoms with E-state index in [0.717, 1.165) is 38.6 Å². The van der Waals surface area contributed by atoms with Crippen molar-refractivity contribution in [2.45, 2.75) is 38.5 Å². The van der Waals surface area contributed by atoms with Crippen molar-refractivity contribution in [3.8, 4) is 0 Å². The molecule has 9 N–H and O–H groups in total. The molecule has 0 unspecified atom stereocenters. The maximum Gasteiger partial charge on any atom is 0.280 e. The molecule has 0 aromatic carbocycles. The highest BCUT2D eigenvalue weighted by Gasteiger charge is 2.16. The minimum atomic E-state index is -0.666. The van der Waals surface area contributed by atoms with Gasteiger partial charge in [-0.3, -0.25) is 15.5 Å². The summed E-state index contributed by atoms with van der Waals surface area (Å²) in [7, 11) is 0. The van der Waals surface area contributed by atoms with Gasteiger partial charge in [0.2, 0.25) is 0 Å². The Balaban J connectivity index is 0. The number of anilines is 2. The van der Waals surface area contributed by atoms with Crippen LogP contribution in [0, 0.1) is 5.41 Å². The third-order valence-corrected chi connectivity index (χ3v) is 3.57. The Hall–Kier alpha value is -1.55. The number of carbonyl (C=O) groups excluding carboxylic acids is 1. The summed E-state index contributed by atoms with van der Waals surface area (Å²) >= 11 is 5.72. The van der Waals surface area contributed by atoms with Gasteiger partial charge in [-0.15, -0.1) is 24.8 Å². The van der Waals surface area contributed by atoms with Gasteiger partial charge in [0.15, 0.2) is 28.4 Å². The zero-order chi connectivity index (χ0) is 17.9. The van der Waals surface area contributed by atoms with E-state index in [1.54, 1.807) is 0 Å². The van der Waals surface area contributed by atoms with Crippen LogP contribution in [0.15, 0.2) is 0 Å². The lowest BCUT2D eigenvalue weighted by Crippen LogP contribution is -2.41. The molecule has 1 aromatic heterocycles. The summed E-state index contributed by atoms with van der Waals surface area (Å²) in [6.07, 6.45) is 6.50. The summed E-state index contributed by atoms with van der Waals surface area (Å²) in [5, 5.41) is 12.8. The molecule has 0 aliphatic heterocycles. The van der Waals surface area contributed by atoms with Crippen LogP contribution in [0.4, 0.5) is 11.6 Å². The summed E-state index contributed by atoms with van der Waals surface area (Å²) in [6.45, 7) is 1.34. The van der Waals surface area contributed by atoms with E-state index in [1.807, 2.05) is 0 Å². The predicted octanol–water partition coefficient (Wildman–Crippen LogP) is 1.69. The number of aromatic nitrogens is 2. The van der Waals surface area contributed by atoms with E-state index in [1.165, 1.54) is 6.42 Å². The van der Waals surface area contributed by atoms with E-state index in [9.17, 15) is 4.79 Å². The number of hydrogen-bond donors (Lipinski definition) is 6. The first-order valence-electron chi connectivity index (χ1n) is 7.88. The van der Waals surface area contributed by atoms with Crippen molar-refractivity contribution in [1.82, 2.24) is 20.6 Å². The van der Waals surface area contributed by atoms with Crippen molar-refractivity contribution in [2.24, 2.45) is 5.73 Å². The van der Waals surface area contributed by atoms with Gasteiger partial charge in [0.25, 0.3) is 5.91 Å². The summed E-state index contributed by atoms with van der Waals surface area (Å²) in [5.41, 5.74) is 16.3. The fourth-order valence-corrected chi connectivity index (χ4v) is 2.14. The van der Waals surface area contributed by atoms with E-state index in [2.05, 4.69) is 20.6 Å². The number of amides is 1. The second-order valence-corrected chi connectivity index (χ2v) is 5.66. The van der Waals surface area contributed by atoms with Crippen molar-refractivity contribution in [2.75, 3.05) is 24.6 Å². The van der Waals surface area contributed by atoms with Crippen LogP contribution in [0.3, 0.4) is 0 Å². The Morgan fingerprint density at radius 1 is 1.00 bits per heavy atom. The number of nitrogens with zero attached hydrogens (tertiary/aromatic N) is 2. The molecule has 1 amide bonds. The van der Waals surface area contributed by atoms with E-state index in [0.29, 0.717) is 6.54 Å². The number of nitrogens with two attached hydrogens (primary N) is 3. The molecule has 0 radical (unpaired) electrons. The van der Waals surface area contributed by atoms with Crippen LogP contribution in [0.2, 0.25) is 5.15 Å². The van der Waals surface area contributed by atoms with E-state index in [-0.39, 0.29) is 53.3 Å². The van der Waals surface area contributed by atoms with Gasteiger partial charge in [-0.25, -0.2) is 9.97 Å². The van der Waals surface area contributed by atoms with Gasteiger partial charge in [-0.05, 0) is 19.4 Å². The number of hydrogen-bond acceptors (Lipinski definition) is 7. The normalized spacial score (nSPS) is 9.62. The summed E-state index contributed by atoms with van der Waals surface area (Å²) < 4.78 is 0. The van der Waals surface area contributed by atoms with Crippen molar-refractivity contribution >= 4 is 59.9 Å². The standard InChI is InChI=1S/C14H25ClN8O.2ClH/c15-10-12(18)22-11(17)9(21-10)13(24)23-14(19)20-8-6-4-2-1-3-5-7-16;;/h1-8,16H2,(H4,17,18,22)(H3,19,20,23,24);2*1H. The molecule has 26 heavy (non-hydrogen) atoms. The van der Waals surface area contributed by atoms with Crippen molar-refractivity contribution < 1.29 is 4.79 Å². The Morgan fingerprint density at radius 2 is 1.58 bits per heavy atom. The van der Waals surface area contributed by atoms with Gasteiger partial charge < -0.3 is 22.5 Å². The highest BCUT2D eigenvalue weighted by molar-refractivity contribution is 6.31. The fraction of sp³-hybridized carbons (Fsp3) is 0.571. The van der Waals surface area contributed by atoms with Gasteiger partial charge in [-0.2, -0.15) is 0 Å². The number of halogens is 3. The van der Waals surface area contributed by atoms with Crippen LogP contribution in [0.1, 0.15) is 49.0 Å². The van der Waals surface area contributed by atoms with Crippen LogP contribution >= 0.6 is 36.4 Å². The molecule has 1 heterocycles. The molecule has 0 aliphatic carbocycles. The molecule has 0 fully saturated rings. The van der Waals surface area contributed by atoms with Gasteiger partial charge in [0.05, 0.1) is 0 Å². The first kappa shape index (κ1) is 26.7. The summed E-state index contributed by atoms with van der Waals surface area (Å²) in [4.78, 5) is 19.5. The molecule has 150 valence electrons. The van der Waals surface area contributed by atoms with Gasteiger partial charge in [0.1, 0.15) is 0 Å².